The number of hydrogen-bond donors (Lipinski definition) is 3. The van der Waals surface area contributed by atoms with Crippen LogP contribution >= 0.6 is 0 Å². The average molecular weight is 333 g/mol. The molecule has 130 valence electrons. The van der Waals surface area contributed by atoms with Gasteiger partial charge in [0.05, 0.1) is 20.3 Å². The first-order valence-corrected chi connectivity index (χ1v) is 7.63. The van der Waals surface area contributed by atoms with Gasteiger partial charge in [-0.15, -0.1) is 0 Å². The summed E-state index contributed by atoms with van der Waals surface area (Å²) in [6, 6.07) is 9.48. The predicted octanol–water partition coefficient (Wildman–Crippen LogP) is 0.0480. The van der Waals surface area contributed by atoms with Crippen molar-refractivity contribution in [3.05, 3.63) is 41.6 Å². The number of amides is 1. The maximum atomic E-state index is 12.1. The molecule has 0 aliphatic heterocycles. The predicted molar refractivity (Wildman–Crippen MR) is 89.1 cm³/mol. The lowest BCUT2D eigenvalue weighted by molar-refractivity contribution is -0.127. The molecule has 0 heterocycles. The second-order valence-corrected chi connectivity index (χ2v) is 4.96. The number of aliphatic hydroxyl groups is 2. The van der Waals surface area contributed by atoms with Crippen LogP contribution < -0.4 is 10.1 Å². The van der Waals surface area contributed by atoms with Crippen molar-refractivity contribution in [2.45, 2.75) is 6.42 Å². The topological polar surface area (TPSA) is 106 Å². The van der Waals surface area contributed by atoms with E-state index in [4.69, 9.17) is 20.2 Å². The summed E-state index contributed by atoms with van der Waals surface area (Å²) in [5.41, 5.74) is 1.04. The Balaban J connectivity index is 2.55. The van der Waals surface area contributed by atoms with Gasteiger partial charge in [0.1, 0.15) is 17.4 Å². The standard InChI is InChI=1S/C17H23N3O4/c1-24-16-4-2-14(3-5-16)6-7-19-13-15(12-18)17(23)20(8-10-21)9-11-22/h2-5,13,19,21-22H,6-11H2,1H3/b15-13-. The van der Waals surface area contributed by atoms with E-state index in [1.54, 1.807) is 7.11 Å². The fourth-order valence-electron chi connectivity index (χ4n) is 2.05. The molecule has 0 saturated carbocycles. The van der Waals surface area contributed by atoms with Crippen molar-refractivity contribution in [2.24, 2.45) is 0 Å². The molecule has 1 rings (SSSR count). The number of methoxy groups -OCH3 is 1. The fraction of sp³-hybridized carbons (Fsp3) is 0.412. The molecular formula is C17H23N3O4. The highest BCUT2D eigenvalue weighted by Gasteiger charge is 2.17. The summed E-state index contributed by atoms with van der Waals surface area (Å²) in [4.78, 5) is 13.4. The summed E-state index contributed by atoms with van der Waals surface area (Å²) < 4.78 is 5.09. The van der Waals surface area contributed by atoms with Gasteiger partial charge in [-0.25, -0.2) is 0 Å². The zero-order chi connectivity index (χ0) is 17.8. The minimum absolute atomic E-state index is 0.0633. The fourth-order valence-corrected chi connectivity index (χ4v) is 2.05. The molecule has 7 heteroatoms. The van der Waals surface area contributed by atoms with Gasteiger partial charge in [-0.2, -0.15) is 5.26 Å². The maximum absolute atomic E-state index is 12.1. The number of nitrogens with zero attached hydrogens (tertiary/aromatic N) is 2. The molecule has 0 aliphatic carbocycles. The number of rotatable bonds is 10. The smallest absolute Gasteiger partial charge is 0.266 e. The average Bonchev–Trinajstić information content (AvgIpc) is 2.61. The number of aliphatic hydroxyl groups excluding tert-OH is 2. The van der Waals surface area contributed by atoms with Gasteiger partial charge in [0.2, 0.25) is 0 Å². The zero-order valence-electron chi connectivity index (χ0n) is 13.7. The first kappa shape index (κ1) is 19.5. The Morgan fingerprint density at radius 2 is 1.92 bits per heavy atom. The minimum atomic E-state index is -0.516. The monoisotopic (exact) mass is 333 g/mol. The lowest BCUT2D eigenvalue weighted by Gasteiger charge is -2.20. The van der Waals surface area contributed by atoms with Crippen molar-refractivity contribution < 1.29 is 19.7 Å². The van der Waals surface area contributed by atoms with E-state index in [2.05, 4.69) is 5.32 Å². The molecule has 0 aromatic heterocycles. The Morgan fingerprint density at radius 3 is 2.42 bits per heavy atom. The Labute approximate surface area is 141 Å². The van der Waals surface area contributed by atoms with Gasteiger partial charge >= 0.3 is 0 Å². The number of ether oxygens (including phenoxy) is 1. The molecule has 1 aromatic carbocycles. The summed E-state index contributed by atoms with van der Waals surface area (Å²) in [6.07, 6.45) is 2.10. The van der Waals surface area contributed by atoms with E-state index in [0.29, 0.717) is 6.54 Å². The molecule has 0 bridgehead atoms. The summed E-state index contributed by atoms with van der Waals surface area (Å²) in [5, 5.41) is 29.9. The molecule has 24 heavy (non-hydrogen) atoms. The van der Waals surface area contributed by atoms with E-state index in [0.717, 1.165) is 17.7 Å². The van der Waals surface area contributed by atoms with Gasteiger partial charge in [-0.1, -0.05) is 12.1 Å². The van der Waals surface area contributed by atoms with Crippen LogP contribution in [0.4, 0.5) is 0 Å². The van der Waals surface area contributed by atoms with Crippen LogP contribution in [0.25, 0.3) is 0 Å². The van der Waals surface area contributed by atoms with E-state index < -0.39 is 5.91 Å². The molecule has 0 spiro atoms. The molecule has 7 nitrogen and oxygen atoms in total. The van der Waals surface area contributed by atoms with E-state index in [-0.39, 0.29) is 31.9 Å². The maximum Gasteiger partial charge on any atom is 0.266 e. The Morgan fingerprint density at radius 1 is 1.29 bits per heavy atom. The van der Waals surface area contributed by atoms with E-state index >= 15 is 0 Å². The van der Waals surface area contributed by atoms with Crippen LogP contribution in [0, 0.1) is 11.3 Å². The Bertz CT molecular complexity index is 572. The highest BCUT2D eigenvalue weighted by molar-refractivity contribution is 5.97. The third-order valence-corrected chi connectivity index (χ3v) is 3.34. The van der Waals surface area contributed by atoms with E-state index in [9.17, 15) is 4.79 Å². The first-order chi connectivity index (χ1) is 11.7. The Hall–Kier alpha value is -2.56. The normalized spacial score (nSPS) is 10.8. The van der Waals surface area contributed by atoms with Gasteiger partial charge in [-0.3, -0.25) is 4.79 Å². The van der Waals surface area contributed by atoms with Crippen LogP contribution in [0.5, 0.6) is 5.75 Å². The van der Waals surface area contributed by atoms with Gasteiger partial charge in [0.15, 0.2) is 0 Å². The number of benzene rings is 1. The molecule has 0 fully saturated rings. The highest BCUT2D eigenvalue weighted by atomic mass is 16.5. The number of nitrogens with one attached hydrogen (secondary N) is 1. The largest absolute Gasteiger partial charge is 0.497 e. The number of carbonyl (C=O) groups excluding carboxylic acids is 1. The number of nitriles is 1. The highest BCUT2D eigenvalue weighted by Crippen LogP contribution is 2.11. The van der Waals surface area contributed by atoms with Crippen molar-refractivity contribution in [1.29, 1.82) is 5.26 Å². The van der Waals surface area contributed by atoms with Crippen molar-refractivity contribution >= 4 is 5.91 Å². The van der Waals surface area contributed by atoms with Gasteiger partial charge in [-0.05, 0) is 24.1 Å². The van der Waals surface area contributed by atoms with Gasteiger partial charge in [0, 0.05) is 25.8 Å². The zero-order valence-corrected chi connectivity index (χ0v) is 13.7. The molecular weight excluding hydrogens is 310 g/mol. The van der Waals surface area contributed by atoms with Crippen LogP contribution in [0.15, 0.2) is 36.0 Å². The van der Waals surface area contributed by atoms with Crippen molar-refractivity contribution in [3.63, 3.8) is 0 Å². The van der Waals surface area contributed by atoms with Gasteiger partial charge in [0.25, 0.3) is 5.91 Å². The molecule has 0 aliphatic rings. The quantitative estimate of drug-likeness (QED) is 0.317. The van der Waals surface area contributed by atoms with Crippen LogP contribution in [0.3, 0.4) is 0 Å². The van der Waals surface area contributed by atoms with Crippen molar-refractivity contribution in [2.75, 3.05) is 40.0 Å². The first-order valence-electron chi connectivity index (χ1n) is 7.63. The Kier molecular flexibility index (Phi) is 8.97. The second-order valence-electron chi connectivity index (χ2n) is 4.96. The van der Waals surface area contributed by atoms with E-state index in [1.807, 2.05) is 30.3 Å². The molecule has 3 N–H and O–H groups in total. The molecule has 1 amide bonds. The molecule has 0 atom stereocenters. The van der Waals surface area contributed by atoms with E-state index in [1.165, 1.54) is 11.1 Å². The number of carbonyl (C=O) groups is 1. The van der Waals surface area contributed by atoms with Crippen LogP contribution in [0.2, 0.25) is 0 Å². The van der Waals surface area contributed by atoms with Crippen LogP contribution in [0.1, 0.15) is 5.56 Å². The summed E-state index contributed by atoms with van der Waals surface area (Å²) >= 11 is 0. The summed E-state index contributed by atoms with van der Waals surface area (Å²) in [5.74, 6) is 0.273. The van der Waals surface area contributed by atoms with Crippen molar-refractivity contribution in [1.82, 2.24) is 10.2 Å². The molecule has 1 aromatic rings. The SMILES string of the molecule is COc1ccc(CCN/C=C(/C#N)C(=O)N(CCO)CCO)cc1. The van der Waals surface area contributed by atoms with Gasteiger partial charge < -0.3 is 25.2 Å². The number of hydrogen-bond acceptors (Lipinski definition) is 6. The molecule has 0 radical (unpaired) electrons. The lowest BCUT2D eigenvalue weighted by atomic mass is 10.1. The van der Waals surface area contributed by atoms with Crippen LogP contribution in [-0.2, 0) is 11.2 Å². The van der Waals surface area contributed by atoms with Crippen LogP contribution in [-0.4, -0.2) is 61.0 Å². The molecule has 0 unspecified atom stereocenters. The third kappa shape index (κ3) is 6.28. The third-order valence-electron chi connectivity index (χ3n) is 3.34. The summed E-state index contributed by atoms with van der Waals surface area (Å²) in [7, 11) is 1.61. The molecule has 0 saturated heterocycles. The minimum Gasteiger partial charge on any atom is -0.497 e. The second kappa shape index (κ2) is 11.0. The lowest BCUT2D eigenvalue weighted by Crippen LogP contribution is -2.37. The van der Waals surface area contributed by atoms with Crippen molar-refractivity contribution in [3.8, 4) is 11.8 Å². The summed E-state index contributed by atoms with van der Waals surface area (Å²) in [6.45, 7) is 0.254.